The van der Waals surface area contributed by atoms with Crippen LogP contribution in [0.4, 0.5) is 13.2 Å². The van der Waals surface area contributed by atoms with Gasteiger partial charge in [-0.15, -0.1) is 0 Å². The van der Waals surface area contributed by atoms with Gasteiger partial charge in [-0.25, -0.2) is 0 Å². The van der Waals surface area contributed by atoms with Crippen molar-refractivity contribution < 1.29 is 13.2 Å². The van der Waals surface area contributed by atoms with Gasteiger partial charge in [0.05, 0.1) is 0 Å². The van der Waals surface area contributed by atoms with Crippen LogP contribution < -0.4 is 5.73 Å². The molecule has 1 aliphatic rings. The second-order valence-electron chi connectivity index (χ2n) is 5.37. The van der Waals surface area contributed by atoms with E-state index in [0.29, 0.717) is 12.8 Å². The van der Waals surface area contributed by atoms with Crippen LogP contribution >= 0.6 is 0 Å². The number of alkyl halides is 3. The number of hydrogen-bond donors (Lipinski definition) is 1. The third kappa shape index (κ3) is 1.84. The van der Waals surface area contributed by atoms with Crippen molar-refractivity contribution in [1.29, 1.82) is 0 Å². The van der Waals surface area contributed by atoms with Crippen LogP contribution in [0.2, 0.25) is 0 Å². The highest BCUT2D eigenvalue weighted by Gasteiger charge is 2.58. The van der Waals surface area contributed by atoms with Gasteiger partial charge in [-0.3, -0.25) is 4.68 Å². The maximum atomic E-state index is 12.9. The summed E-state index contributed by atoms with van der Waals surface area (Å²) in [6.07, 6.45) is -1.60. The number of nitrogens with zero attached hydrogens (tertiary/aromatic N) is 2. The molecule has 1 heterocycles. The van der Waals surface area contributed by atoms with E-state index in [2.05, 4.69) is 5.10 Å². The first kappa shape index (κ1) is 12.4. The predicted molar refractivity (Wildman–Crippen MR) is 57.4 cm³/mol. The van der Waals surface area contributed by atoms with Gasteiger partial charge in [-0.1, -0.05) is 0 Å². The van der Waals surface area contributed by atoms with Crippen molar-refractivity contribution in [2.24, 2.45) is 12.8 Å². The zero-order valence-corrected chi connectivity index (χ0v) is 10.1. The molecule has 0 unspecified atom stereocenters. The van der Waals surface area contributed by atoms with Crippen molar-refractivity contribution in [1.82, 2.24) is 9.78 Å². The Labute approximate surface area is 97.8 Å². The standard InChI is InChI=1S/C11H16F3N3/c1-9(2,15)10(4-5-10)7-6-17(3)16-8(7)11(12,13)14/h6H,4-5,15H2,1-3H3. The van der Waals surface area contributed by atoms with Gasteiger partial charge in [0.1, 0.15) is 0 Å². The molecule has 0 aromatic carbocycles. The van der Waals surface area contributed by atoms with Gasteiger partial charge in [0.25, 0.3) is 0 Å². The van der Waals surface area contributed by atoms with Crippen molar-refractivity contribution in [3.05, 3.63) is 17.5 Å². The van der Waals surface area contributed by atoms with Crippen molar-refractivity contribution >= 4 is 0 Å². The molecule has 1 aromatic heterocycles. The van der Waals surface area contributed by atoms with Gasteiger partial charge in [-0.2, -0.15) is 18.3 Å². The summed E-state index contributed by atoms with van der Waals surface area (Å²) in [5.74, 6) is 0. The lowest BCUT2D eigenvalue weighted by Crippen LogP contribution is -2.45. The third-order valence-corrected chi connectivity index (χ3v) is 3.60. The average molecular weight is 247 g/mol. The fourth-order valence-electron chi connectivity index (χ4n) is 2.43. The van der Waals surface area contributed by atoms with Crippen LogP contribution in [0.5, 0.6) is 0 Å². The Kier molecular flexibility index (Phi) is 2.37. The second kappa shape index (κ2) is 3.25. The number of aromatic nitrogens is 2. The van der Waals surface area contributed by atoms with Crippen molar-refractivity contribution in [2.75, 3.05) is 0 Å². The Morgan fingerprint density at radius 3 is 2.24 bits per heavy atom. The smallest absolute Gasteiger partial charge is 0.325 e. The molecule has 1 aromatic rings. The topological polar surface area (TPSA) is 43.8 Å². The van der Waals surface area contributed by atoms with Gasteiger partial charge in [0, 0.05) is 29.8 Å². The SMILES string of the molecule is Cn1cc(C2(C(C)(C)N)CC2)c(C(F)(F)F)n1. The quantitative estimate of drug-likeness (QED) is 0.870. The van der Waals surface area contributed by atoms with Crippen molar-refractivity contribution in [3.8, 4) is 0 Å². The Bertz CT molecular complexity index is 436. The summed E-state index contributed by atoms with van der Waals surface area (Å²) in [6, 6.07) is 0. The van der Waals surface area contributed by atoms with Crippen LogP contribution in [0, 0.1) is 0 Å². The Morgan fingerprint density at radius 1 is 1.35 bits per heavy atom. The molecule has 0 aliphatic heterocycles. The molecule has 96 valence electrons. The monoisotopic (exact) mass is 247 g/mol. The number of hydrogen-bond acceptors (Lipinski definition) is 2. The van der Waals surface area contributed by atoms with E-state index in [-0.39, 0.29) is 5.56 Å². The lowest BCUT2D eigenvalue weighted by molar-refractivity contribution is -0.142. The molecule has 2 N–H and O–H groups in total. The molecule has 3 nitrogen and oxygen atoms in total. The normalized spacial score (nSPS) is 19.5. The first-order valence-electron chi connectivity index (χ1n) is 5.48. The second-order valence-corrected chi connectivity index (χ2v) is 5.37. The molecule has 0 spiro atoms. The van der Waals surface area contributed by atoms with E-state index in [1.165, 1.54) is 17.9 Å². The lowest BCUT2D eigenvalue weighted by Gasteiger charge is -2.31. The average Bonchev–Trinajstić information content (AvgIpc) is 2.82. The molecular weight excluding hydrogens is 231 g/mol. The fourth-order valence-corrected chi connectivity index (χ4v) is 2.43. The minimum Gasteiger partial charge on any atom is -0.325 e. The summed E-state index contributed by atoms with van der Waals surface area (Å²) in [4.78, 5) is 0. The van der Waals surface area contributed by atoms with Gasteiger partial charge in [0.2, 0.25) is 0 Å². The molecule has 0 saturated heterocycles. The summed E-state index contributed by atoms with van der Waals surface area (Å²) in [7, 11) is 1.50. The van der Waals surface area contributed by atoms with E-state index >= 15 is 0 Å². The van der Waals surface area contributed by atoms with Crippen LogP contribution in [-0.4, -0.2) is 15.3 Å². The molecule has 6 heteroatoms. The first-order chi connectivity index (χ1) is 7.58. The highest BCUT2D eigenvalue weighted by atomic mass is 19.4. The minimum absolute atomic E-state index is 0.236. The van der Waals surface area contributed by atoms with Crippen LogP contribution in [0.1, 0.15) is 37.9 Å². The molecule has 0 bridgehead atoms. The Hall–Kier alpha value is -1.04. The van der Waals surface area contributed by atoms with Crippen LogP contribution in [0.15, 0.2) is 6.20 Å². The van der Waals surface area contributed by atoms with Gasteiger partial charge >= 0.3 is 6.18 Å². The van der Waals surface area contributed by atoms with Crippen LogP contribution in [0.3, 0.4) is 0 Å². The molecule has 0 amide bonds. The lowest BCUT2D eigenvalue weighted by atomic mass is 9.79. The van der Waals surface area contributed by atoms with Crippen LogP contribution in [0.25, 0.3) is 0 Å². The zero-order valence-electron chi connectivity index (χ0n) is 10.1. The summed E-state index contributed by atoms with van der Waals surface area (Å²) in [5, 5.41) is 3.54. The number of aryl methyl sites for hydroxylation is 1. The largest absolute Gasteiger partial charge is 0.435 e. The molecule has 0 atom stereocenters. The Morgan fingerprint density at radius 2 is 1.88 bits per heavy atom. The predicted octanol–water partition coefficient (Wildman–Crippen LogP) is 2.21. The fraction of sp³-hybridized carbons (Fsp3) is 0.727. The zero-order chi connectivity index (χ0) is 13.1. The maximum Gasteiger partial charge on any atom is 0.435 e. The van der Waals surface area contributed by atoms with Crippen LogP contribution in [-0.2, 0) is 18.6 Å². The van der Waals surface area contributed by atoms with Gasteiger partial charge < -0.3 is 5.73 Å². The summed E-state index contributed by atoms with van der Waals surface area (Å²) < 4.78 is 39.9. The number of rotatable bonds is 2. The van der Waals surface area contributed by atoms with Crippen molar-refractivity contribution in [2.45, 2.75) is 43.8 Å². The number of halogens is 3. The third-order valence-electron chi connectivity index (χ3n) is 3.60. The van der Waals surface area contributed by atoms with Crippen molar-refractivity contribution in [3.63, 3.8) is 0 Å². The van der Waals surface area contributed by atoms with E-state index in [4.69, 9.17) is 5.73 Å². The van der Waals surface area contributed by atoms with E-state index in [9.17, 15) is 13.2 Å². The van der Waals surface area contributed by atoms with Gasteiger partial charge in [-0.05, 0) is 26.7 Å². The summed E-state index contributed by atoms with van der Waals surface area (Å²) in [6.45, 7) is 3.54. The first-order valence-corrected chi connectivity index (χ1v) is 5.48. The van der Waals surface area contributed by atoms with E-state index in [1.54, 1.807) is 13.8 Å². The minimum atomic E-state index is -4.42. The maximum absolute atomic E-state index is 12.9. The summed E-state index contributed by atoms with van der Waals surface area (Å²) in [5.41, 5.74) is 4.22. The van der Waals surface area contributed by atoms with Gasteiger partial charge in [0.15, 0.2) is 5.69 Å². The van der Waals surface area contributed by atoms with E-state index in [0.717, 1.165) is 0 Å². The molecular formula is C11H16F3N3. The molecule has 1 fully saturated rings. The highest BCUT2D eigenvalue weighted by Crippen LogP contribution is 2.56. The molecule has 1 saturated carbocycles. The Balaban J connectivity index is 2.54. The molecule has 0 radical (unpaired) electrons. The summed E-state index contributed by atoms with van der Waals surface area (Å²) >= 11 is 0. The van der Waals surface area contributed by atoms with E-state index in [1.807, 2.05) is 0 Å². The molecule has 1 aliphatic carbocycles. The molecule has 17 heavy (non-hydrogen) atoms. The number of nitrogens with two attached hydrogens (primary N) is 1. The molecule has 2 rings (SSSR count). The highest BCUT2D eigenvalue weighted by molar-refractivity contribution is 5.39. The van der Waals surface area contributed by atoms with E-state index < -0.39 is 22.8 Å².